The summed E-state index contributed by atoms with van der Waals surface area (Å²) in [5.74, 6) is -0.385. The molecule has 0 bridgehead atoms. The normalized spacial score (nSPS) is 17.8. The summed E-state index contributed by atoms with van der Waals surface area (Å²) in [6.45, 7) is 0.127. The first-order valence-corrected chi connectivity index (χ1v) is 7.76. The Kier molecular flexibility index (Phi) is 4.77. The lowest BCUT2D eigenvalue weighted by Crippen LogP contribution is -2.65. The van der Waals surface area contributed by atoms with Crippen LogP contribution in [0.3, 0.4) is 0 Å². The molecule has 2 aromatic carbocycles. The predicted octanol–water partition coefficient (Wildman–Crippen LogP) is 1.52. The number of nitrogens with zero attached hydrogens (tertiary/aromatic N) is 2. The van der Waals surface area contributed by atoms with Crippen molar-refractivity contribution >= 4 is 11.9 Å². The number of nitrogens with one attached hydrogen (secondary N) is 1. The fourth-order valence-corrected chi connectivity index (χ4v) is 2.70. The van der Waals surface area contributed by atoms with Crippen molar-refractivity contribution in [3.05, 3.63) is 71.8 Å². The largest absolute Gasteiger partial charge is 0.394 e. The molecule has 24 heavy (non-hydrogen) atoms. The average molecular weight is 325 g/mol. The van der Waals surface area contributed by atoms with Crippen LogP contribution in [0.4, 0.5) is 4.79 Å². The lowest BCUT2D eigenvalue weighted by molar-refractivity contribution is -0.135. The van der Waals surface area contributed by atoms with Crippen molar-refractivity contribution in [2.24, 2.45) is 0 Å². The van der Waals surface area contributed by atoms with Crippen LogP contribution in [-0.2, 0) is 17.9 Å². The molecule has 0 spiro atoms. The topological polar surface area (TPSA) is 72.9 Å². The van der Waals surface area contributed by atoms with Gasteiger partial charge < -0.3 is 10.0 Å². The molecule has 0 radical (unpaired) electrons. The van der Waals surface area contributed by atoms with Crippen molar-refractivity contribution in [3.63, 3.8) is 0 Å². The maximum atomic E-state index is 12.8. The quantitative estimate of drug-likeness (QED) is 0.875. The van der Waals surface area contributed by atoms with E-state index in [-0.39, 0.29) is 25.0 Å². The van der Waals surface area contributed by atoms with Crippen molar-refractivity contribution in [2.75, 3.05) is 6.61 Å². The standard InChI is InChI=1S/C18H19N3O3/c22-13-16-17(23)19-21(12-15-9-5-2-6-10-15)18(24)20(16)11-14-7-3-1-4-8-14/h1-10,16,22H,11-13H2,(H,19,23)/t16-/m0/s1. The second kappa shape index (κ2) is 7.14. The monoisotopic (exact) mass is 325 g/mol. The zero-order valence-corrected chi connectivity index (χ0v) is 13.1. The van der Waals surface area contributed by atoms with Crippen LogP contribution >= 0.6 is 0 Å². The van der Waals surface area contributed by atoms with Crippen LogP contribution in [0.2, 0.25) is 0 Å². The Bertz CT molecular complexity index is 706. The Morgan fingerprint density at radius 1 is 0.875 bits per heavy atom. The molecule has 6 heteroatoms. The summed E-state index contributed by atoms with van der Waals surface area (Å²) in [6, 6.07) is 17.6. The van der Waals surface area contributed by atoms with Crippen LogP contribution in [0.15, 0.2) is 60.7 Å². The third-order valence-electron chi connectivity index (χ3n) is 3.95. The van der Waals surface area contributed by atoms with Gasteiger partial charge in [-0.3, -0.25) is 10.2 Å². The number of benzene rings is 2. The van der Waals surface area contributed by atoms with Crippen molar-refractivity contribution < 1.29 is 14.7 Å². The molecule has 1 saturated heterocycles. The molecule has 1 heterocycles. The van der Waals surface area contributed by atoms with E-state index in [1.54, 1.807) is 0 Å². The first-order valence-electron chi connectivity index (χ1n) is 7.76. The molecule has 0 aromatic heterocycles. The minimum atomic E-state index is -0.885. The van der Waals surface area contributed by atoms with E-state index >= 15 is 0 Å². The van der Waals surface area contributed by atoms with Gasteiger partial charge >= 0.3 is 6.03 Å². The molecule has 0 aliphatic carbocycles. The van der Waals surface area contributed by atoms with Gasteiger partial charge in [-0.25, -0.2) is 9.80 Å². The molecule has 1 fully saturated rings. The summed E-state index contributed by atoms with van der Waals surface area (Å²) in [5.41, 5.74) is 4.39. The molecule has 0 unspecified atom stereocenters. The first kappa shape index (κ1) is 16.0. The third kappa shape index (κ3) is 3.38. The smallest absolute Gasteiger partial charge is 0.340 e. The SMILES string of the molecule is O=C1NN(Cc2ccccc2)C(=O)N(Cc2ccccc2)[C@H]1CO. The molecule has 1 atom stereocenters. The minimum absolute atomic E-state index is 0.267. The number of aliphatic hydroxyl groups is 1. The minimum Gasteiger partial charge on any atom is -0.394 e. The highest BCUT2D eigenvalue weighted by molar-refractivity contribution is 5.92. The van der Waals surface area contributed by atoms with Crippen molar-refractivity contribution in [2.45, 2.75) is 19.1 Å². The molecule has 124 valence electrons. The lowest BCUT2D eigenvalue weighted by Gasteiger charge is -2.40. The molecule has 3 rings (SSSR count). The maximum Gasteiger partial charge on any atom is 0.340 e. The molecule has 0 saturated carbocycles. The number of carbonyl (C=O) groups is 2. The molecule has 2 aromatic rings. The highest BCUT2D eigenvalue weighted by Gasteiger charge is 2.38. The summed E-state index contributed by atoms with van der Waals surface area (Å²) in [4.78, 5) is 26.4. The zero-order chi connectivity index (χ0) is 16.9. The van der Waals surface area contributed by atoms with Gasteiger partial charge in [0.2, 0.25) is 0 Å². The van der Waals surface area contributed by atoms with Gasteiger partial charge in [0.05, 0.1) is 13.2 Å². The summed E-state index contributed by atoms with van der Waals surface area (Å²) in [5, 5.41) is 10.8. The van der Waals surface area contributed by atoms with E-state index in [1.165, 1.54) is 9.91 Å². The highest BCUT2D eigenvalue weighted by Crippen LogP contribution is 2.17. The van der Waals surface area contributed by atoms with Crippen LogP contribution in [0.1, 0.15) is 11.1 Å². The van der Waals surface area contributed by atoms with Crippen molar-refractivity contribution in [3.8, 4) is 0 Å². The van der Waals surface area contributed by atoms with Gasteiger partial charge in [-0.05, 0) is 11.1 Å². The Balaban J connectivity index is 1.81. The lowest BCUT2D eigenvalue weighted by atomic mass is 10.1. The van der Waals surface area contributed by atoms with Gasteiger partial charge in [0, 0.05) is 6.54 Å². The molecular weight excluding hydrogens is 306 g/mol. The van der Waals surface area contributed by atoms with E-state index in [2.05, 4.69) is 5.43 Å². The van der Waals surface area contributed by atoms with Crippen molar-refractivity contribution in [1.29, 1.82) is 0 Å². The van der Waals surface area contributed by atoms with Gasteiger partial charge in [0.1, 0.15) is 6.04 Å². The number of hydrogen-bond acceptors (Lipinski definition) is 3. The number of rotatable bonds is 5. The second-order valence-electron chi connectivity index (χ2n) is 5.64. The van der Waals surface area contributed by atoms with Crippen LogP contribution in [0.5, 0.6) is 0 Å². The molecule has 2 N–H and O–H groups in total. The van der Waals surface area contributed by atoms with Crippen LogP contribution < -0.4 is 5.43 Å². The highest BCUT2D eigenvalue weighted by atomic mass is 16.3. The number of urea groups is 1. The van der Waals surface area contributed by atoms with E-state index in [0.29, 0.717) is 0 Å². The van der Waals surface area contributed by atoms with E-state index in [9.17, 15) is 14.7 Å². The molecule has 3 amide bonds. The van der Waals surface area contributed by atoms with Crippen molar-refractivity contribution in [1.82, 2.24) is 15.3 Å². The zero-order valence-electron chi connectivity index (χ0n) is 13.1. The Morgan fingerprint density at radius 3 is 1.96 bits per heavy atom. The number of aliphatic hydroxyl groups excluding tert-OH is 1. The molecule has 1 aliphatic heterocycles. The third-order valence-corrected chi connectivity index (χ3v) is 3.95. The number of hydrogen-bond donors (Lipinski definition) is 2. The number of carbonyl (C=O) groups excluding carboxylic acids is 2. The summed E-state index contributed by atoms with van der Waals surface area (Å²) < 4.78 is 0. The summed E-state index contributed by atoms with van der Waals surface area (Å²) in [6.07, 6.45) is 0. The van der Waals surface area contributed by atoms with Crippen LogP contribution in [0.25, 0.3) is 0 Å². The van der Waals surface area contributed by atoms with Gasteiger partial charge in [-0.1, -0.05) is 60.7 Å². The average Bonchev–Trinajstić information content (AvgIpc) is 2.61. The van der Waals surface area contributed by atoms with Gasteiger partial charge in [0.15, 0.2) is 0 Å². The van der Waals surface area contributed by atoms with E-state index < -0.39 is 12.6 Å². The summed E-state index contributed by atoms with van der Waals surface area (Å²) >= 11 is 0. The molecular formula is C18H19N3O3. The van der Waals surface area contributed by atoms with E-state index in [4.69, 9.17) is 0 Å². The van der Waals surface area contributed by atoms with Crippen LogP contribution in [-0.4, -0.2) is 39.6 Å². The Morgan fingerprint density at radius 2 is 1.42 bits per heavy atom. The first-order chi connectivity index (χ1) is 11.7. The van der Waals surface area contributed by atoms with E-state index in [1.807, 2.05) is 60.7 Å². The second-order valence-corrected chi connectivity index (χ2v) is 5.64. The van der Waals surface area contributed by atoms with Gasteiger partial charge in [-0.15, -0.1) is 0 Å². The fraction of sp³-hybridized carbons (Fsp3) is 0.222. The molecule has 1 aliphatic rings. The summed E-state index contributed by atoms with van der Waals surface area (Å²) in [7, 11) is 0. The fourth-order valence-electron chi connectivity index (χ4n) is 2.70. The van der Waals surface area contributed by atoms with Gasteiger partial charge in [-0.2, -0.15) is 0 Å². The van der Waals surface area contributed by atoms with Crippen LogP contribution in [0, 0.1) is 0 Å². The predicted molar refractivity (Wildman–Crippen MR) is 88.4 cm³/mol. The Labute approximate surface area is 140 Å². The molecule has 6 nitrogen and oxygen atoms in total. The maximum absolute atomic E-state index is 12.8. The number of hydrazine groups is 1. The van der Waals surface area contributed by atoms with Gasteiger partial charge in [0.25, 0.3) is 5.91 Å². The number of amides is 3. The van der Waals surface area contributed by atoms with E-state index in [0.717, 1.165) is 11.1 Å². The Hall–Kier alpha value is -2.86.